The van der Waals surface area contributed by atoms with E-state index in [0.29, 0.717) is 37.2 Å². The summed E-state index contributed by atoms with van der Waals surface area (Å²) in [6.45, 7) is 1.10. The summed E-state index contributed by atoms with van der Waals surface area (Å²) in [5.41, 5.74) is 0.610. The lowest BCUT2D eigenvalue weighted by Gasteiger charge is -2.24. The van der Waals surface area contributed by atoms with E-state index in [0.717, 1.165) is 0 Å². The van der Waals surface area contributed by atoms with E-state index in [2.05, 4.69) is 0 Å². The van der Waals surface area contributed by atoms with Gasteiger partial charge in [0, 0.05) is 30.7 Å². The number of hydrogen-bond donors (Lipinski definition) is 0. The minimum Gasteiger partial charge on any atom is -0.497 e. The summed E-state index contributed by atoms with van der Waals surface area (Å²) in [7, 11) is -1.62. The van der Waals surface area contributed by atoms with E-state index in [-0.39, 0.29) is 18.0 Å². The smallest absolute Gasteiger partial charge is 0.254 e. The lowest BCUT2D eigenvalue weighted by atomic mass is 10.1. The van der Waals surface area contributed by atoms with E-state index in [9.17, 15) is 13.2 Å². The number of rotatable bonds is 3. The van der Waals surface area contributed by atoms with Crippen LogP contribution in [0.25, 0.3) is 0 Å². The standard InChI is InChI=1S/C15H20N2O4S/c1-21-12-5-3-11(4-6-12)15(18)16-9-7-14-13(16)8-10-17(14)22(2,19)20/h3-6,13-14H,7-10H2,1-2H3/t13-,14+/m1/s1. The van der Waals surface area contributed by atoms with Crippen LogP contribution in [0, 0.1) is 0 Å². The number of carbonyl (C=O) groups excluding carboxylic acids is 1. The second kappa shape index (κ2) is 5.55. The van der Waals surface area contributed by atoms with Crippen LogP contribution >= 0.6 is 0 Å². The second-order valence-electron chi connectivity index (χ2n) is 5.81. The molecule has 0 aromatic heterocycles. The Morgan fingerprint density at radius 1 is 1.14 bits per heavy atom. The molecular weight excluding hydrogens is 304 g/mol. The maximum Gasteiger partial charge on any atom is 0.254 e. The third kappa shape index (κ3) is 2.59. The Balaban J connectivity index is 1.78. The van der Waals surface area contributed by atoms with Gasteiger partial charge in [-0.05, 0) is 37.1 Å². The van der Waals surface area contributed by atoms with Crippen LogP contribution < -0.4 is 4.74 Å². The molecule has 2 heterocycles. The highest BCUT2D eigenvalue weighted by Crippen LogP contribution is 2.34. The molecule has 2 aliphatic heterocycles. The van der Waals surface area contributed by atoms with Gasteiger partial charge in [0.2, 0.25) is 10.0 Å². The van der Waals surface area contributed by atoms with Gasteiger partial charge in [-0.2, -0.15) is 4.31 Å². The summed E-state index contributed by atoms with van der Waals surface area (Å²) in [6, 6.07) is 6.94. The monoisotopic (exact) mass is 324 g/mol. The molecule has 0 saturated carbocycles. The number of sulfonamides is 1. The average molecular weight is 324 g/mol. The zero-order valence-corrected chi connectivity index (χ0v) is 13.5. The van der Waals surface area contributed by atoms with Crippen LogP contribution in [0.2, 0.25) is 0 Å². The van der Waals surface area contributed by atoms with Crippen LogP contribution in [0.3, 0.4) is 0 Å². The Bertz CT molecular complexity index is 671. The van der Waals surface area contributed by atoms with Crippen LogP contribution in [-0.2, 0) is 10.0 Å². The number of amides is 1. The van der Waals surface area contributed by atoms with E-state index in [1.165, 1.54) is 6.26 Å². The first-order valence-corrected chi connectivity index (χ1v) is 9.18. The van der Waals surface area contributed by atoms with Crippen LogP contribution in [0.5, 0.6) is 5.75 Å². The average Bonchev–Trinajstić information content (AvgIpc) is 3.07. The van der Waals surface area contributed by atoms with Crippen molar-refractivity contribution >= 4 is 15.9 Å². The molecule has 22 heavy (non-hydrogen) atoms. The van der Waals surface area contributed by atoms with Gasteiger partial charge in [0.1, 0.15) is 5.75 Å². The number of hydrogen-bond acceptors (Lipinski definition) is 4. The summed E-state index contributed by atoms with van der Waals surface area (Å²) < 4.78 is 30.2. The van der Waals surface area contributed by atoms with Crippen molar-refractivity contribution in [3.63, 3.8) is 0 Å². The summed E-state index contributed by atoms with van der Waals surface area (Å²) >= 11 is 0. The lowest BCUT2D eigenvalue weighted by molar-refractivity contribution is 0.0735. The minimum atomic E-state index is -3.20. The Hall–Kier alpha value is -1.60. The normalized spacial score (nSPS) is 25.3. The van der Waals surface area contributed by atoms with Crippen molar-refractivity contribution < 1.29 is 17.9 Å². The zero-order valence-electron chi connectivity index (χ0n) is 12.7. The maximum absolute atomic E-state index is 12.7. The number of benzene rings is 1. The third-order valence-corrected chi connectivity index (χ3v) is 5.85. The quantitative estimate of drug-likeness (QED) is 0.830. The molecule has 0 N–H and O–H groups in total. The van der Waals surface area contributed by atoms with Crippen LogP contribution in [-0.4, -0.2) is 62.1 Å². The molecule has 0 unspecified atom stereocenters. The van der Waals surface area contributed by atoms with Crippen molar-refractivity contribution in [3.05, 3.63) is 29.8 Å². The molecule has 2 saturated heterocycles. The highest BCUT2D eigenvalue weighted by atomic mass is 32.2. The van der Waals surface area contributed by atoms with Crippen molar-refractivity contribution in [2.45, 2.75) is 24.9 Å². The fourth-order valence-electron chi connectivity index (χ4n) is 3.51. The fourth-order valence-corrected chi connectivity index (χ4v) is 4.68. The van der Waals surface area contributed by atoms with Crippen molar-refractivity contribution in [2.24, 2.45) is 0 Å². The van der Waals surface area contributed by atoms with Gasteiger partial charge in [0.15, 0.2) is 0 Å². The number of methoxy groups -OCH3 is 1. The summed E-state index contributed by atoms with van der Waals surface area (Å²) in [6.07, 6.45) is 2.66. The van der Waals surface area contributed by atoms with Gasteiger partial charge in [-0.25, -0.2) is 8.42 Å². The van der Waals surface area contributed by atoms with E-state index in [1.807, 2.05) is 4.90 Å². The Labute approximate surface area is 130 Å². The Morgan fingerprint density at radius 2 is 1.77 bits per heavy atom. The summed E-state index contributed by atoms with van der Waals surface area (Å²) in [5, 5.41) is 0. The molecule has 0 bridgehead atoms. The van der Waals surface area contributed by atoms with Gasteiger partial charge < -0.3 is 9.64 Å². The van der Waals surface area contributed by atoms with E-state index in [4.69, 9.17) is 4.74 Å². The maximum atomic E-state index is 12.7. The van der Waals surface area contributed by atoms with Gasteiger partial charge in [-0.1, -0.05) is 0 Å². The van der Waals surface area contributed by atoms with Gasteiger partial charge >= 0.3 is 0 Å². The number of ether oxygens (including phenoxy) is 1. The third-order valence-electron chi connectivity index (χ3n) is 4.55. The van der Waals surface area contributed by atoms with Crippen molar-refractivity contribution in [1.82, 2.24) is 9.21 Å². The molecule has 0 radical (unpaired) electrons. The molecule has 2 atom stereocenters. The molecule has 6 nitrogen and oxygen atoms in total. The molecule has 1 aromatic rings. The fraction of sp³-hybridized carbons (Fsp3) is 0.533. The number of fused-ring (bicyclic) bond motifs is 1. The highest BCUT2D eigenvalue weighted by Gasteiger charge is 2.47. The summed E-state index contributed by atoms with van der Waals surface area (Å²) in [4.78, 5) is 14.5. The molecule has 1 aromatic carbocycles. The van der Waals surface area contributed by atoms with Crippen LogP contribution in [0.4, 0.5) is 0 Å². The Morgan fingerprint density at radius 3 is 2.36 bits per heavy atom. The molecule has 2 aliphatic rings. The number of carbonyl (C=O) groups is 1. The van der Waals surface area contributed by atoms with Crippen molar-refractivity contribution in [3.8, 4) is 5.75 Å². The van der Waals surface area contributed by atoms with Gasteiger partial charge in [-0.15, -0.1) is 0 Å². The van der Waals surface area contributed by atoms with E-state index < -0.39 is 10.0 Å². The second-order valence-corrected chi connectivity index (χ2v) is 7.75. The molecule has 7 heteroatoms. The topological polar surface area (TPSA) is 66.9 Å². The van der Waals surface area contributed by atoms with Gasteiger partial charge in [-0.3, -0.25) is 4.79 Å². The first kappa shape index (κ1) is 15.3. The molecule has 1 amide bonds. The predicted molar refractivity (Wildman–Crippen MR) is 82.4 cm³/mol. The van der Waals surface area contributed by atoms with Crippen LogP contribution in [0.15, 0.2) is 24.3 Å². The van der Waals surface area contributed by atoms with Gasteiger partial charge in [0.05, 0.1) is 13.4 Å². The minimum absolute atomic E-state index is 0.00988. The molecule has 2 fully saturated rings. The van der Waals surface area contributed by atoms with E-state index >= 15 is 0 Å². The SMILES string of the molecule is COc1ccc(C(=O)N2CC[C@H]3[C@H]2CCN3S(C)(=O)=O)cc1. The van der Waals surface area contributed by atoms with Crippen molar-refractivity contribution in [1.29, 1.82) is 0 Å². The Kier molecular flexibility index (Phi) is 3.86. The predicted octanol–water partition coefficient (Wildman–Crippen LogP) is 0.944. The first-order chi connectivity index (χ1) is 10.4. The van der Waals surface area contributed by atoms with Gasteiger partial charge in [0.25, 0.3) is 5.91 Å². The first-order valence-electron chi connectivity index (χ1n) is 7.33. The molecule has 0 spiro atoms. The number of nitrogens with zero attached hydrogens (tertiary/aromatic N) is 2. The zero-order chi connectivity index (χ0) is 15.9. The molecule has 0 aliphatic carbocycles. The van der Waals surface area contributed by atoms with E-state index in [1.54, 1.807) is 35.7 Å². The number of likely N-dealkylation sites (tertiary alicyclic amines) is 1. The van der Waals surface area contributed by atoms with Crippen molar-refractivity contribution in [2.75, 3.05) is 26.5 Å². The largest absolute Gasteiger partial charge is 0.497 e. The summed E-state index contributed by atoms with van der Waals surface area (Å²) in [5.74, 6) is 0.672. The molecule has 3 rings (SSSR count). The molecular formula is C15H20N2O4S. The highest BCUT2D eigenvalue weighted by molar-refractivity contribution is 7.88. The van der Waals surface area contributed by atoms with Crippen LogP contribution in [0.1, 0.15) is 23.2 Å². The molecule has 120 valence electrons. The lowest BCUT2D eigenvalue weighted by Crippen LogP contribution is -2.41.